The summed E-state index contributed by atoms with van der Waals surface area (Å²) in [5, 5.41) is 13.5. The molecular weight excluding hydrogens is 545 g/mol. The van der Waals surface area contributed by atoms with Crippen molar-refractivity contribution in [2.24, 2.45) is 0 Å². The number of methoxy groups -OCH3 is 2. The topological polar surface area (TPSA) is 118 Å². The van der Waals surface area contributed by atoms with Crippen LogP contribution in [0.2, 0.25) is 10.0 Å². The number of benzene rings is 2. The van der Waals surface area contributed by atoms with Crippen LogP contribution >= 0.6 is 23.2 Å². The number of halogens is 2. The van der Waals surface area contributed by atoms with Gasteiger partial charge in [-0.3, -0.25) is 14.7 Å². The van der Waals surface area contributed by atoms with E-state index < -0.39 is 11.8 Å². The van der Waals surface area contributed by atoms with Crippen molar-refractivity contribution < 1.29 is 23.8 Å². The minimum atomic E-state index is -0.426. The predicted molar refractivity (Wildman–Crippen MR) is 152 cm³/mol. The lowest BCUT2D eigenvalue weighted by Crippen LogP contribution is -2.36. The van der Waals surface area contributed by atoms with Gasteiger partial charge in [-0.1, -0.05) is 29.8 Å². The molecule has 1 aliphatic rings. The maximum atomic E-state index is 13.2. The van der Waals surface area contributed by atoms with Crippen LogP contribution in [0.4, 0.5) is 17.2 Å². The van der Waals surface area contributed by atoms with E-state index >= 15 is 0 Å². The number of H-pyrrole nitrogens is 1. The molecule has 1 aliphatic heterocycles. The summed E-state index contributed by atoms with van der Waals surface area (Å²) in [7, 11) is 3.04. The van der Waals surface area contributed by atoms with Gasteiger partial charge in [0.25, 0.3) is 5.91 Å². The molecule has 1 aromatic heterocycles. The first kappa shape index (κ1) is 28.3. The van der Waals surface area contributed by atoms with Crippen LogP contribution in [0, 0.1) is 0 Å². The molecule has 10 nitrogen and oxygen atoms in total. The fourth-order valence-electron chi connectivity index (χ4n) is 4.19. The number of morpholine rings is 1. The molecule has 0 aliphatic carbocycles. The number of carbonyl (C=O) groups is 2. The molecule has 0 unspecified atom stereocenters. The third-order valence-corrected chi connectivity index (χ3v) is 7.08. The van der Waals surface area contributed by atoms with Gasteiger partial charge in [0.1, 0.15) is 11.5 Å². The molecule has 1 fully saturated rings. The molecule has 12 heteroatoms. The summed E-state index contributed by atoms with van der Waals surface area (Å²) in [5.41, 5.74) is 2.96. The second kappa shape index (κ2) is 12.9. The van der Waals surface area contributed by atoms with Crippen molar-refractivity contribution in [1.82, 2.24) is 10.2 Å². The zero-order chi connectivity index (χ0) is 27.9. The number of rotatable bonds is 10. The normalized spacial score (nSPS) is 13.1. The van der Waals surface area contributed by atoms with E-state index in [1.165, 1.54) is 14.2 Å². The summed E-state index contributed by atoms with van der Waals surface area (Å²) in [6.07, 6.45) is 2.13. The first-order valence-corrected chi connectivity index (χ1v) is 12.9. The molecule has 0 radical (unpaired) electrons. The minimum Gasteiger partial charge on any atom is -0.495 e. The standard InChI is InChI=1S/C27H29Cl2N5O5/c1-4-24(35)30-20-14-17(34-9-11-39-12-10-34)6-8-18(20)27(36)31-23-13-16(32-33-23)5-7-19-25(28)21(37-2)15-22(38-3)26(19)29/h4,6,8,13-15H,1,5,7,9-12H2,2-3H3,(H,30,35)(H2,31,32,33,36). The van der Waals surface area contributed by atoms with Crippen molar-refractivity contribution in [1.29, 1.82) is 0 Å². The van der Waals surface area contributed by atoms with Gasteiger partial charge in [-0.25, -0.2) is 0 Å². The molecule has 206 valence electrons. The number of ether oxygens (including phenoxy) is 3. The van der Waals surface area contributed by atoms with Gasteiger partial charge in [-0.05, 0) is 42.7 Å². The molecule has 2 aromatic carbocycles. The van der Waals surface area contributed by atoms with Crippen LogP contribution in [0.5, 0.6) is 11.5 Å². The summed E-state index contributed by atoms with van der Waals surface area (Å²) in [4.78, 5) is 27.4. The van der Waals surface area contributed by atoms with Gasteiger partial charge in [0.2, 0.25) is 5.91 Å². The van der Waals surface area contributed by atoms with Gasteiger partial charge >= 0.3 is 0 Å². The van der Waals surface area contributed by atoms with Crippen LogP contribution in [0.15, 0.2) is 43.0 Å². The highest BCUT2D eigenvalue weighted by Gasteiger charge is 2.20. The maximum Gasteiger partial charge on any atom is 0.258 e. The summed E-state index contributed by atoms with van der Waals surface area (Å²) in [5.74, 6) is 0.406. The monoisotopic (exact) mass is 573 g/mol. The van der Waals surface area contributed by atoms with Gasteiger partial charge in [0.15, 0.2) is 5.82 Å². The minimum absolute atomic E-state index is 0.286. The van der Waals surface area contributed by atoms with Gasteiger partial charge in [0, 0.05) is 36.6 Å². The highest BCUT2D eigenvalue weighted by atomic mass is 35.5. The number of hydrogen-bond acceptors (Lipinski definition) is 7. The Kier molecular flexibility index (Phi) is 9.34. The van der Waals surface area contributed by atoms with E-state index in [9.17, 15) is 9.59 Å². The number of hydrogen-bond donors (Lipinski definition) is 3. The second-order valence-electron chi connectivity index (χ2n) is 8.64. The number of aryl methyl sites for hydroxylation is 1. The van der Waals surface area contributed by atoms with Crippen LogP contribution in [-0.2, 0) is 22.4 Å². The number of amides is 2. The summed E-state index contributed by atoms with van der Waals surface area (Å²) < 4.78 is 16.1. The lowest BCUT2D eigenvalue weighted by atomic mass is 10.1. The Morgan fingerprint density at radius 2 is 1.77 bits per heavy atom. The number of aromatic amines is 1. The number of nitrogens with zero attached hydrogens (tertiary/aromatic N) is 2. The second-order valence-corrected chi connectivity index (χ2v) is 9.40. The number of carbonyl (C=O) groups excluding carboxylic acids is 2. The first-order chi connectivity index (χ1) is 18.8. The molecule has 39 heavy (non-hydrogen) atoms. The van der Waals surface area contributed by atoms with E-state index in [1.807, 2.05) is 6.07 Å². The maximum absolute atomic E-state index is 13.2. The summed E-state index contributed by atoms with van der Waals surface area (Å²) >= 11 is 13.0. The number of aromatic nitrogens is 2. The quantitative estimate of drug-likeness (QED) is 0.300. The lowest BCUT2D eigenvalue weighted by molar-refractivity contribution is -0.111. The molecule has 0 bridgehead atoms. The zero-order valence-corrected chi connectivity index (χ0v) is 23.1. The van der Waals surface area contributed by atoms with Crippen molar-refractivity contribution in [3.8, 4) is 11.5 Å². The highest BCUT2D eigenvalue weighted by molar-refractivity contribution is 6.37. The van der Waals surface area contributed by atoms with Crippen LogP contribution in [0.3, 0.4) is 0 Å². The largest absolute Gasteiger partial charge is 0.495 e. The van der Waals surface area contributed by atoms with Crippen molar-refractivity contribution in [3.63, 3.8) is 0 Å². The summed E-state index contributed by atoms with van der Waals surface area (Å²) in [6, 6.07) is 8.65. The van der Waals surface area contributed by atoms with Crippen LogP contribution < -0.4 is 25.0 Å². The Morgan fingerprint density at radius 3 is 2.41 bits per heavy atom. The molecule has 2 amide bonds. The molecule has 4 rings (SSSR count). The molecule has 0 spiro atoms. The van der Waals surface area contributed by atoms with E-state index in [0.717, 1.165) is 30.5 Å². The number of nitrogens with one attached hydrogen (secondary N) is 3. The predicted octanol–water partition coefficient (Wildman–Crippen LogP) is 4.73. The van der Waals surface area contributed by atoms with Crippen molar-refractivity contribution in [2.75, 3.05) is 56.1 Å². The van der Waals surface area contributed by atoms with Gasteiger partial charge < -0.3 is 29.7 Å². The number of anilines is 3. The first-order valence-electron chi connectivity index (χ1n) is 12.2. The van der Waals surface area contributed by atoms with Gasteiger partial charge in [-0.15, -0.1) is 0 Å². The van der Waals surface area contributed by atoms with Gasteiger partial charge in [-0.2, -0.15) is 5.10 Å². The van der Waals surface area contributed by atoms with E-state index in [4.69, 9.17) is 37.4 Å². The van der Waals surface area contributed by atoms with Crippen LogP contribution in [0.1, 0.15) is 21.6 Å². The van der Waals surface area contributed by atoms with E-state index in [0.29, 0.717) is 64.7 Å². The lowest BCUT2D eigenvalue weighted by Gasteiger charge is -2.29. The average molecular weight is 574 g/mol. The fraction of sp³-hybridized carbons (Fsp3) is 0.296. The molecular formula is C27H29Cl2N5O5. The Balaban J connectivity index is 1.48. The van der Waals surface area contributed by atoms with Crippen molar-refractivity contribution >= 4 is 52.2 Å². The van der Waals surface area contributed by atoms with Crippen molar-refractivity contribution in [3.05, 3.63) is 69.9 Å². The summed E-state index contributed by atoms with van der Waals surface area (Å²) in [6.45, 7) is 6.16. The van der Waals surface area contributed by atoms with E-state index in [1.54, 1.807) is 24.3 Å². The van der Waals surface area contributed by atoms with E-state index in [-0.39, 0.29) is 5.56 Å². The highest BCUT2D eigenvalue weighted by Crippen LogP contribution is 2.41. The molecule has 3 aromatic rings. The third-order valence-electron chi connectivity index (χ3n) is 6.25. The van der Waals surface area contributed by atoms with Crippen LogP contribution in [0.25, 0.3) is 0 Å². The smallest absolute Gasteiger partial charge is 0.258 e. The fourth-order valence-corrected chi connectivity index (χ4v) is 4.88. The zero-order valence-electron chi connectivity index (χ0n) is 21.6. The Hall–Kier alpha value is -3.73. The van der Waals surface area contributed by atoms with Gasteiger partial charge in [0.05, 0.1) is 48.7 Å². The molecule has 0 saturated carbocycles. The third kappa shape index (κ3) is 6.65. The molecule has 1 saturated heterocycles. The molecule has 3 N–H and O–H groups in total. The average Bonchev–Trinajstić information content (AvgIpc) is 3.40. The van der Waals surface area contributed by atoms with E-state index in [2.05, 4.69) is 32.3 Å². The Morgan fingerprint density at radius 1 is 1.08 bits per heavy atom. The SMILES string of the molecule is C=CC(=O)Nc1cc(N2CCOCC2)ccc1C(=O)Nc1cc(CCc2c(Cl)c(OC)cc(OC)c2Cl)[nH]n1. The molecule has 0 atom stereocenters. The van der Waals surface area contributed by atoms with Crippen LogP contribution in [-0.4, -0.2) is 62.5 Å². The Bertz CT molecular complexity index is 1340. The van der Waals surface area contributed by atoms with Crippen molar-refractivity contribution in [2.45, 2.75) is 12.8 Å². The molecule has 2 heterocycles. The Labute approximate surface area is 236 Å².